The topological polar surface area (TPSA) is 17.1 Å². The molecule has 0 amide bonds. The molecule has 1 aromatic rings. The van der Waals surface area contributed by atoms with E-state index < -0.39 is 0 Å². The number of hydrogen-bond donors (Lipinski definition) is 0. The fraction of sp³-hybridized carbons (Fsp3) is 0.462. The Kier molecular flexibility index (Phi) is 4.37. The third-order valence-corrected chi connectivity index (χ3v) is 2.30. The first kappa shape index (κ1) is 11.0. The molecule has 1 aromatic carbocycles. The average Bonchev–Trinajstić information content (AvgIpc) is 2.16. The first-order valence-corrected chi connectivity index (χ1v) is 5.29. The predicted octanol–water partition coefficient (Wildman–Crippen LogP) is 3.16. The highest BCUT2D eigenvalue weighted by molar-refractivity contribution is 5.75. The van der Waals surface area contributed by atoms with Gasteiger partial charge in [0.1, 0.15) is 5.78 Å². The molecule has 1 nitrogen and oxygen atoms in total. The molecule has 0 heterocycles. The number of carbonyl (C=O) groups excluding carboxylic acids is 1. The van der Waals surface area contributed by atoms with Gasteiger partial charge in [0.2, 0.25) is 0 Å². The highest BCUT2D eigenvalue weighted by atomic mass is 16.1. The molecule has 0 saturated carbocycles. The van der Waals surface area contributed by atoms with Crippen LogP contribution in [0.1, 0.15) is 37.8 Å². The van der Waals surface area contributed by atoms with Gasteiger partial charge in [-0.1, -0.05) is 37.6 Å². The number of Topliss-reactive ketones (excluding diaryl/α,β-unsaturated/α-hetero) is 1. The Morgan fingerprint density at radius 1 is 1.21 bits per heavy atom. The molecule has 0 aliphatic heterocycles. The maximum Gasteiger partial charge on any atom is 0.130 e. The second-order valence-corrected chi connectivity index (χ2v) is 3.77. The van der Waals surface area contributed by atoms with Crippen molar-refractivity contribution in [3.05, 3.63) is 35.4 Å². The summed E-state index contributed by atoms with van der Waals surface area (Å²) in [6, 6.07) is 8.55. The molecule has 0 radical (unpaired) electrons. The van der Waals surface area contributed by atoms with Crippen LogP contribution in [0.2, 0.25) is 0 Å². The molecular weight excluding hydrogens is 172 g/mol. The van der Waals surface area contributed by atoms with Gasteiger partial charge in [-0.2, -0.15) is 0 Å². The standard InChI is InChI=1S/C13H18O/c1-3-5-12-6-4-7-13(10-12)9-8-11(2)14/h4,6-7,10H,3,5,8-9H2,1-2H3. The quantitative estimate of drug-likeness (QED) is 0.697. The molecule has 0 aliphatic carbocycles. The summed E-state index contributed by atoms with van der Waals surface area (Å²) >= 11 is 0. The van der Waals surface area contributed by atoms with Gasteiger partial charge in [0.05, 0.1) is 0 Å². The molecule has 0 atom stereocenters. The van der Waals surface area contributed by atoms with E-state index in [1.165, 1.54) is 17.5 Å². The van der Waals surface area contributed by atoms with Crippen LogP contribution in [0, 0.1) is 0 Å². The van der Waals surface area contributed by atoms with Crippen LogP contribution in [0.3, 0.4) is 0 Å². The highest BCUT2D eigenvalue weighted by Crippen LogP contribution is 2.09. The van der Waals surface area contributed by atoms with Gasteiger partial charge in [0.25, 0.3) is 0 Å². The molecule has 0 N–H and O–H groups in total. The molecule has 1 heteroatoms. The molecule has 0 saturated heterocycles. The fourth-order valence-corrected chi connectivity index (χ4v) is 1.55. The van der Waals surface area contributed by atoms with Gasteiger partial charge in [0.15, 0.2) is 0 Å². The van der Waals surface area contributed by atoms with Crippen molar-refractivity contribution in [2.75, 3.05) is 0 Å². The van der Waals surface area contributed by atoms with Crippen molar-refractivity contribution in [1.29, 1.82) is 0 Å². The highest BCUT2D eigenvalue weighted by Gasteiger charge is 1.98. The van der Waals surface area contributed by atoms with E-state index in [0.29, 0.717) is 6.42 Å². The van der Waals surface area contributed by atoms with Gasteiger partial charge in [-0.15, -0.1) is 0 Å². The van der Waals surface area contributed by atoms with Crippen molar-refractivity contribution in [1.82, 2.24) is 0 Å². The van der Waals surface area contributed by atoms with E-state index in [4.69, 9.17) is 0 Å². The zero-order chi connectivity index (χ0) is 10.4. The summed E-state index contributed by atoms with van der Waals surface area (Å²) in [4.78, 5) is 10.8. The van der Waals surface area contributed by atoms with Gasteiger partial charge < -0.3 is 4.79 Å². The Balaban J connectivity index is 2.58. The molecule has 76 valence electrons. The van der Waals surface area contributed by atoms with Crippen LogP contribution >= 0.6 is 0 Å². The van der Waals surface area contributed by atoms with E-state index in [9.17, 15) is 4.79 Å². The van der Waals surface area contributed by atoms with Gasteiger partial charge in [-0.05, 0) is 30.9 Å². The molecule has 0 aliphatic rings. The van der Waals surface area contributed by atoms with Crippen LogP contribution < -0.4 is 0 Å². The number of carbonyl (C=O) groups is 1. The summed E-state index contributed by atoms with van der Waals surface area (Å²) in [5.74, 6) is 0.269. The Labute approximate surface area is 86.1 Å². The number of aryl methyl sites for hydroxylation is 2. The van der Waals surface area contributed by atoms with Crippen LogP contribution in [-0.4, -0.2) is 5.78 Å². The summed E-state index contributed by atoms with van der Waals surface area (Å²) in [5, 5.41) is 0. The Morgan fingerprint density at radius 2 is 1.86 bits per heavy atom. The molecule has 0 spiro atoms. The van der Waals surface area contributed by atoms with Gasteiger partial charge in [-0.25, -0.2) is 0 Å². The van der Waals surface area contributed by atoms with Gasteiger partial charge in [-0.3, -0.25) is 0 Å². The van der Waals surface area contributed by atoms with E-state index in [0.717, 1.165) is 12.8 Å². The SMILES string of the molecule is CCCc1cccc(CCC(C)=O)c1. The minimum atomic E-state index is 0.269. The largest absolute Gasteiger partial charge is 0.300 e. The van der Waals surface area contributed by atoms with Gasteiger partial charge >= 0.3 is 0 Å². The second-order valence-electron chi connectivity index (χ2n) is 3.77. The minimum absolute atomic E-state index is 0.269. The summed E-state index contributed by atoms with van der Waals surface area (Å²) < 4.78 is 0. The number of ketones is 1. The third-order valence-electron chi connectivity index (χ3n) is 2.30. The van der Waals surface area contributed by atoms with E-state index in [-0.39, 0.29) is 5.78 Å². The lowest BCUT2D eigenvalue weighted by Crippen LogP contribution is -1.94. The summed E-state index contributed by atoms with van der Waals surface area (Å²) in [5.41, 5.74) is 2.67. The molecular formula is C13H18O. The van der Waals surface area contributed by atoms with Crippen molar-refractivity contribution in [2.45, 2.75) is 39.5 Å². The fourth-order valence-electron chi connectivity index (χ4n) is 1.55. The van der Waals surface area contributed by atoms with Crippen LogP contribution in [0.5, 0.6) is 0 Å². The number of rotatable bonds is 5. The van der Waals surface area contributed by atoms with Gasteiger partial charge in [0, 0.05) is 6.42 Å². The number of benzene rings is 1. The maximum atomic E-state index is 10.8. The van der Waals surface area contributed by atoms with Crippen LogP contribution in [-0.2, 0) is 17.6 Å². The number of hydrogen-bond acceptors (Lipinski definition) is 1. The van der Waals surface area contributed by atoms with Crippen LogP contribution in [0.15, 0.2) is 24.3 Å². The summed E-state index contributed by atoms with van der Waals surface area (Å²) in [6.07, 6.45) is 3.85. The minimum Gasteiger partial charge on any atom is -0.300 e. The monoisotopic (exact) mass is 190 g/mol. The predicted molar refractivity (Wildman–Crippen MR) is 59.4 cm³/mol. The average molecular weight is 190 g/mol. The summed E-state index contributed by atoms with van der Waals surface area (Å²) in [6.45, 7) is 3.83. The molecule has 1 rings (SSSR count). The van der Waals surface area contributed by atoms with E-state index in [1.807, 2.05) is 0 Å². The lowest BCUT2D eigenvalue weighted by atomic mass is 10.0. The lowest BCUT2D eigenvalue weighted by molar-refractivity contribution is -0.116. The third kappa shape index (κ3) is 3.73. The van der Waals surface area contributed by atoms with Crippen molar-refractivity contribution in [3.8, 4) is 0 Å². The lowest BCUT2D eigenvalue weighted by Gasteiger charge is -2.02. The second kappa shape index (κ2) is 5.58. The first-order chi connectivity index (χ1) is 6.72. The molecule has 0 fully saturated rings. The Hall–Kier alpha value is -1.11. The molecule has 0 unspecified atom stereocenters. The van der Waals surface area contributed by atoms with E-state index >= 15 is 0 Å². The molecule has 14 heavy (non-hydrogen) atoms. The first-order valence-electron chi connectivity index (χ1n) is 5.29. The Morgan fingerprint density at radius 3 is 2.43 bits per heavy atom. The Bertz CT molecular complexity index is 302. The zero-order valence-electron chi connectivity index (χ0n) is 9.05. The van der Waals surface area contributed by atoms with Crippen molar-refractivity contribution < 1.29 is 4.79 Å². The van der Waals surface area contributed by atoms with E-state index in [2.05, 4.69) is 31.2 Å². The molecule has 0 aromatic heterocycles. The van der Waals surface area contributed by atoms with Crippen LogP contribution in [0.25, 0.3) is 0 Å². The maximum absolute atomic E-state index is 10.8. The van der Waals surface area contributed by atoms with Crippen LogP contribution in [0.4, 0.5) is 0 Å². The zero-order valence-corrected chi connectivity index (χ0v) is 9.05. The smallest absolute Gasteiger partial charge is 0.130 e. The van der Waals surface area contributed by atoms with Crippen molar-refractivity contribution in [2.24, 2.45) is 0 Å². The van der Waals surface area contributed by atoms with Crippen molar-refractivity contribution in [3.63, 3.8) is 0 Å². The normalized spacial score (nSPS) is 10.1. The van der Waals surface area contributed by atoms with E-state index in [1.54, 1.807) is 6.92 Å². The van der Waals surface area contributed by atoms with Crippen molar-refractivity contribution >= 4 is 5.78 Å². The summed E-state index contributed by atoms with van der Waals surface area (Å²) in [7, 11) is 0. The molecule has 0 bridgehead atoms.